The first-order valence-corrected chi connectivity index (χ1v) is 6.18. The van der Waals surface area contributed by atoms with Crippen LogP contribution in [0.5, 0.6) is 0 Å². The third-order valence-electron chi connectivity index (χ3n) is 2.52. The van der Waals surface area contributed by atoms with Gasteiger partial charge in [-0.1, -0.05) is 6.92 Å². The molecule has 4 nitrogen and oxygen atoms in total. The van der Waals surface area contributed by atoms with Crippen LogP contribution in [0.1, 0.15) is 26.5 Å². The van der Waals surface area contributed by atoms with Crippen molar-refractivity contribution in [1.82, 2.24) is 15.3 Å². The lowest BCUT2D eigenvalue weighted by Crippen LogP contribution is -2.39. The van der Waals surface area contributed by atoms with Crippen molar-refractivity contribution in [3.63, 3.8) is 0 Å². The average Bonchev–Trinajstić information content (AvgIpc) is 2.33. The van der Waals surface area contributed by atoms with Gasteiger partial charge in [-0.3, -0.25) is 4.98 Å². The first kappa shape index (κ1) is 15.7. The SMILES string of the molecule is CCNCc1cnc(N(CC(F)(F)F)C(C)C)cn1. The molecule has 0 unspecified atom stereocenters. The third kappa shape index (κ3) is 5.42. The van der Waals surface area contributed by atoms with Gasteiger partial charge in [-0.2, -0.15) is 13.2 Å². The molecule has 0 saturated carbocycles. The molecule has 108 valence electrons. The van der Waals surface area contributed by atoms with Crippen LogP contribution in [0, 0.1) is 0 Å². The molecule has 0 spiro atoms. The molecular formula is C12H19F3N4. The minimum Gasteiger partial charge on any atom is -0.344 e. The Bertz CT molecular complexity index is 376. The van der Waals surface area contributed by atoms with Gasteiger partial charge in [-0.15, -0.1) is 0 Å². The van der Waals surface area contributed by atoms with Crippen LogP contribution in [0.15, 0.2) is 12.4 Å². The number of anilines is 1. The lowest BCUT2D eigenvalue weighted by atomic mass is 10.3. The highest BCUT2D eigenvalue weighted by Gasteiger charge is 2.32. The van der Waals surface area contributed by atoms with Crippen LogP contribution >= 0.6 is 0 Å². The van der Waals surface area contributed by atoms with Gasteiger partial charge in [0, 0.05) is 12.6 Å². The van der Waals surface area contributed by atoms with Gasteiger partial charge in [0.15, 0.2) is 0 Å². The van der Waals surface area contributed by atoms with Gasteiger partial charge in [0.25, 0.3) is 0 Å². The summed E-state index contributed by atoms with van der Waals surface area (Å²) in [5.41, 5.74) is 0.710. The molecule has 1 rings (SSSR count). The van der Waals surface area contributed by atoms with Crippen molar-refractivity contribution in [2.45, 2.75) is 39.5 Å². The standard InChI is InChI=1S/C12H19F3N4/c1-4-16-5-10-6-18-11(7-17-10)19(9(2)3)8-12(13,14)15/h6-7,9,16H,4-5,8H2,1-3H3. The van der Waals surface area contributed by atoms with Crippen LogP contribution in [0.3, 0.4) is 0 Å². The molecule has 7 heteroatoms. The number of aromatic nitrogens is 2. The number of hydrogen-bond acceptors (Lipinski definition) is 4. The summed E-state index contributed by atoms with van der Waals surface area (Å²) in [5.74, 6) is 0.243. The lowest BCUT2D eigenvalue weighted by molar-refractivity contribution is -0.120. The van der Waals surface area contributed by atoms with E-state index in [0.29, 0.717) is 12.2 Å². The highest BCUT2D eigenvalue weighted by Crippen LogP contribution is 2.22. The first-order valence-electron chi connectivity index (χ1n) is 6.18. The smallest absolute Gasteiger partial charge is 0.344 e. The fourth-order valence-corrected chi connectivity index (χ4v) is 1.56. The Balaban J connectivity index is 2.80. The van der Waals surface area contributed by atoms with Gasteiger partial charge in [-0.25, -0.2) is 4.98 Å². The molecule has 0 aromatic carbocycles. The summed E-state index contributed by atoms with van der Waals surface area (Å²) in [6.45, 7) is 5.69. The van der Waals surface area contributed by atoms with Crippen molar-refractivity contribution in [2.24, 2.45) is 0 Å². The van der Waals surface area contributed by atoms with Crippen molar-refractivity contribution in [1.29, 1.82) is 0 Å². The van der Waals surface area contributed by atoms with Crippen molar-refractivity contribution in [2.75, 3.05) is 18.0 Å². The van der Waals surface area contributed by atoms with E-state index in [1.807, 2.05) is 6.92 Å². The second-order valence-electron chi connectivity index (χ2n) is 4.48. The minimum atomic E-state index is -4.26. The molecule has 0 amide bonds. The van der Waals surface area contributed by atoms with Crippen molar-refractivity contribution >= 4 is 5.82 Å². The molecule has 0 aliphatic heterocycles. The molecule has 0 fully saturated rings. The van der Waals surface area contributed by atoms with Crippen LogP contribution in [0.2, 0.25) is 0 Å². The normalized spacial score (nSPS) is 11.9. The molecule has 0 aliphatic carbocycles. The zero-order chi connectivity index (χ0) is 14.5. The number of halogens is 3. The second kappa shape index (κ2) is 6.70. The Kier molecular flexibility index (Phi) is 5.53. The molecule has 0 aliphatic rings. The summed E-state index contributed by atoms with van der Waals surface area (Å²) in [6, 6.07) is -0.296. The Morgan fingerprint density at radius 1 is 1.26 bits per heavy atom. The Labute approximate surface area is 111 Å². The molecule has 1 N–H and O–H groups in total. The largest absolute Gasteiger partial charge is 0.405 e. The van der Waals surface area contributed by atoms with Gasteiger partial charge in [0.05, 0.1) is 18.1 Å². The van der Waals surface area contributed by atoms with E-state index in [1.165, 1.54) is 17.3 Å². The number of nitrogens with one attached hydrogen (secondary N) is 1. The zero-order valence-electron chi connectivity index (χ0n) is 11.3. The van der Waals surface area contributed by atoms with Crippen molar-refractivity contribution in [3.05, 3.63) is 18.1 Å². The first-order chi connectivity index (χ1) is 8.83. The Hall–Kier alpha value is -1.37. The second-order valence-corrected chi connectivity index (χ2v) is 4.48. The topological polar surface area (TPSA) is 41.1 Å². The predicted octanol–water partition coefficient (Wildman–Crippen LogP) is 2.36. The summed E-state index contributed by atoms with van der Waals surface area (Å²) in [7, 11) is 0. The summed E-state index contributed by atoms with van der Waals surface area (Å²) >= 11 is 0. The third-order valence-corrected chi connectivity index (χ3v) is 2.52. The van der Waals surface area contributed by atoms with E-state index in [0.717, 1.165) is 6.54 Å². The number of alkyl halides is 3. The monoisotopic (exact) mass is 276 g/mol. The molecule has 0 atom stereocenters. The van der Waals surface area contributed by atoms with Gasteiger partial charge in [0.2, 0.25) is 0 Å². The minimum absolute atomic E-state index is 0.243. The van der Waals surface area contributed by atoms with Crippen molar-refractivity contribution < 1.29 is 13.2 Å². The summed E-state index contributed by atoms with van der Waals surface area (Å²) in [6.07, 6.45) is -1.36. The summed E-state index contributed by atoms with van der Waals surface area (Å²) < 4.78 is 37.5. The quantitative estimate of drug-likeness (QED) is 0.866. The van der Waals surface area contributed by atoms with Gasteiger partial charge in [-0.05, 0) is 20.4 Å². The highest BCUT2D eigenvalue weighted by atomic mass is 19.4. The molecule has 0 bridgehead atoms. The molecule has 0 saturated heterocycles. The maximum Gasteiger partial charge on any atom is 0.405 e. The van der Waals surface area contributed by atoms with E-state index in [1.54, 1.807) is 13.8 Å². The molecule has 1 heterocycles. The van der Waals surface area contributed by atoms with Crippen LogP contribution < -0.4 is 10.2 Å². The molecule has 19 heavy (non-hydrogen) atoms. The number of hydrogen-bond donors (Lipinski definition) is 1. The summed E-state index contributed by atoms with van der Waals surface area (Å²) in [4.78, 5) is 9.36. The fraction of sp³-hybridized carbons (Fsp3) is 0.667. The summed E-state index contributed by atoms with van der Waals surface area (Å²) in [5, 5.41) is 3.08. The van der Waals surface area contributed by atoms with E-state index < -0.39 is 12.7 Å². The number of rotatable bonds is 6. The van der Waals surface area contributed by atoms with Gasteiger partial charge >= 0.3 is 6.18 Å². The van der Waals surface area contributed by atoms with Gasteiger partial charge in [0.1, 0.15) is 12.4 Å². The van der Waals surface area contributed by atoms with Crippen LogP contribution in [-0.2, 0) is 6.54 Å². The van der Waals surface area contributed by atoms with E-state index >= 15 is 0 Å². The lowest BCUT2D eigenvalue weighted by Gasteiger charge is -2.28. The van der Waals surface area contributed by atoms with Crippen LogP contribution in [-0.4, -0.2) is 35.3 Å². The van der Waals surface area contributed by atoms with Crippen LogP contribution in [0.25, 0.3) is 0 Å². The van der Waals surface area contributed by atoms with Crippen LogP contribution in [0.4, 0.5) is 19.0 Å². The zero-order valence-corrected chi connectivity index (χ0v) is 11.3. The van der Waals surface area contributed by atoms with E-state index in [4.69, 9.17) is 0 Å². The Morgan fingerprint density at radius 3 is 2.37 bits per heavy atom. The Morgan fingerprint density at radius 2 is 1.95 bits per heavy atom. The predicted molar refractivity (Wildman–Crippen MR) is 67.9 cm³/mol. The molecule has 0 radical (unpaired) electrons. The average molecular weight is 276 g/mol. The van der Waals surface area contributed by atoms with E-state index in [-0.39, 0.29) is 11.9 Å². The molecular weight excluding hydrogens is 257 g/mol. The van der Waals surface area contributed by atoms with E-state index in [9.17, 15) is 13.2 Å². The van der Waals surface area contributed by atoms with Crippen molar-refractivity contribution in [3.8, 4) is 0 Å². The number of nitrogens with zero attached hydrogens (tertiary/aromatic N) is 3. The van der Waals surface area contributed by atoms with Gasteiger partial charge < -0.3 is 10.2 Å². The maximum absolute atomic E-state index is 12.5. The highest BCUT2D eigenvalue weighted by molar-refractivity contribution is 5.37. The molecule has 1 aromatic heterocycles. The maximum atomic E-state index is 12.5. The van der Waals surface area contributed by atoms with E-state index in [2.05, 4.69) is 15.3 Å². The molecule has 1 aromatic rings. The fourth-order valence-electron chi connectivity index (χ4n) is 1.56.